The number of piperidine rings is 1. The van der Waals surface area contributed by atoms with Crippen LogP contribution in [0.4, 0.5) is 5.82 Å². The molecule has 0 aromatic carbocycles. The molecule has 1 unspecified atom stereocenters. The van der Waals surface area contributed by atoms with Crippen LogP contribution >= 0.6 is 0 Å². The molecule has 1 saturated heterocycles. The van der Waals surface area contributed by atoms with Crippen LogP contribution in [0.25, 0.3) is 0 Å². The first-order chi connectivity index (χ1) is 11.6. The molecule has 1 aliphatic heterocycles. The molecule has 0 radical (unpaired) electrons. The van der Waals surface area contributed by atoms with E-state index in [1.807, 2.05) is 0 Å². The lowest BCUT2D eigenvalue weighted by Crippen LogP contribution is -2.35. The number of nitrogens with zero attached hydrogens (tertiary/aromatic N) is 3. The average molecular weight is 350 g/mol. The predicted octanol–water partition coefficient (Wildman–Crippen LogP) is 3.23. The van der Waals surface area contributed by atoms with Gasteiger partial charge >= 0.3 is 0 Å². The quantitative estimate of drug-likeness (QED) is 0.846. The molecule has 24 heavy (non-hydrogen) atoms. The minimum atomic E-state index is -3.41. The maximum atomic E-state index is 12.6. The van der Waals surface area contributed by atoms with Crippen LogP contribution in [0.3, 0.4) is 0 Å². The number of pyridine rings is 1. The van der Waals surface area contributed by atoms with Crippen molar-refractivity contribution in [2.75, 3.05) is 18.5 Å². The molecule has 0 bridgehead atoms. The van der Waals surface area contributed by atoms with E-state index in [1.165, 1.54) is 24.8 Å². The SMILES string of the molecule is CC1CCC/C(=N\Nc2ccc(S(=O)(=O)N3CCCCC3)cn2)C1. The van der Waals surface area contributed by atoms with E-state index in [0.29, 0.717) is 24.8 Å². The number of rotatable bonds is 4. The highest BCUT2D eigenvalue weighted by atomic mass is 32.2. The van der Waals surface area contributed by atoms with Crippen molar-refractivity contribution in [3.63, 3.8) is 0 Å². The molecule has 0 amide bonds. The Morgan fingerprint density at radius 3 is 2.67 bits per heavy atom. The summed E-state index contributed by atoms with van der Waals surface area (Å²) in [6, 6.07) is 3.30. The minimum Gasteiger partial charge on any atom is -0.261 e. The first-order valence-electron chi connectivity index (χ1n) is 8.83. The Morgan fingerprint density at radius 1 is 1.21 bits per heavy atom. The topological polar surface area (TPSA) is 74.7 Å². The molecule has 3 rings (SSSR count). The van der Waals surface area contributed by atoms with Crippen LogP contribution in [-0.4, -0.2) is 36.5 Å². The van der Waals surface area contributed by atoms with Gasteiger partial charge in [0.25, 0.3) is 0 Å². The summed E-state index contributed by atoms with van der Waals surface area (Å²) in [5, 5.41) is 4.43. The van der Waals surface area contributed by atoms with Crippen molar-refractivity contribution in [1.29, 1.82) is 0 Å². The number of hydrazone groups is 1. The number of hydrogen-bond acceptors (Lipinski definition) is 5. The molecule has 2 heterocycles. The van der Waals surface area contributed by atoms with Crippen molar-refractivity contribution < 1.29 is 8.42 Å². The minimum absolute atomic E-state index is 0.258. The standard InChI is InChI=1S/C17H26N4O2S/c1-14-6-5-7-15(12-14)19-20-17-9-8-16(13-18-17)24(22,23)21-10-3-2-4-11-21/h8-9,13-14H,2-7,10-12H2,1H3,(H,18,20)/b19-15+. The molecule has 1 aliphatic carbocycles. The Kier molecular flexibility index (Phi) is 5.50. The number of anilines is 1. The van der Waals surface area contributed by atoms with E-state index < -0.39 is 10.0 Å². The van der Waals surface area contributed by atoms with Gasteiger partial charge in [0, 0.05) is 25.0 Å². The first-order valence-corrected chi connectivity index (χ1v) is 10.3. The number of sulfonamides is 1. The van der Waals surface area contributed by atoms with Crippen molar-refractivity contribution in [2.24, 2.45) is 11.0 Å². The molecule has 132 valence electrons. The Morgan fingerprint density at radius 2 is 2.00 bits per heavy atom. The summed E-state index contributed by atoms with van der Waals surface area (Å²) in [7, 11) is -3.41. The van der Waals surface area contributed by atoms with Crippen LogP contribution in [0.15, 0.2) is 28.3 Å². The van der Waals surface area contributed by atoms with Gasteiger partial charge in [0.1, 0.15) is 10.7 Å². The zero-order valence-electron chi connectivity index (χ0n) is 14.2. The Balaban J connectivity index is 1.65. The molecular formula is C17H26N4O2S. The van der Waals surface area contributed by atoms with Crippen molar-refractivity contribution in [3.8, 4) is 0 Å². The van der Waals surface area contributed by atoms with Crippen LogP contribution in [-0.2, 0) is 10.0 Å². The summed E-state index contributed by atoms with van der Waals surface area (Å²) in [4.78, 5) is 4.48. The molecule has 1 atom stereocenters. The summed E-state index contributed by atoms with van der Waals surface area (Å²) in [5.41, 5.74) is 4.13. The van der Waals surface area contributed by atoms with Crippen LogP contribution in [0.2, 0.25) is 0 Å². The summed E-state index contributed by atoms with van der Waals surface area (Å²) in [6.07, 6.45) is 8.89. The van der Waals surface area contributed by atoms with Crippen molar-refractivity contribution in [3.05, 3.63) is 18.3 Å². The lowest BCUT2D eigenvalue weighted by molar-refractivity contribution is 0.346. The fraction of sp³-hybridized carbons (Fsp3) is 0.647. The highest BCUT2D eigenvalue weighted by Crippen LogP contribution is 2.22. The Bertz CT molecular complexity index is 679. The third kappa shape index (κ3) is 4.13. The highest BCUT2D eigenvalue weighted by Gasteiger charge is 2.26. The molecule has 1 aromatic rings. The monoisotopic (exact) mass is 350 g/mol. The second-order valence-corrected chi connectivity index (χ2v) is 8.77. The lowest BCUT2D eigenvalue weighted by atomic mass is 9.89. The predicted molar refractivity (Wildman–Crippen MR) is 95.5 cm³/mol. The summed E-state index contributed by atoms with van der Waals surface area (Å²) in [5.74, 6) is 1.27. The molecule has 7 heteroatoms. The molecular weight excluding hydrogens is 324 g/mol. The molecule has 1 aromatic heterocycles. The first kappa shape index (κ1) is 17.4. The molecule has 2 fully saturated rings. The van der Waals surface area contributed by atoms with Gasteiger partial charge in [0.2, 0.25) is 10.0 Å². The van der Waals surface area contributed by atoms with E-state index in [4.69, 9.17) is 0 Å². The van der Waals surface area contributed by atoms with E-state index in [0.717, 1.165) is 32.1 Å². The van der Waals surface area contributed by atoms with Crippen LogP contribution in [0, 0.1) is 5.92 Å². The Labute approximate surface area is 144 Å². The smallest absolute Gasteiger partial charge is 0.244 e. The third-order valence-corrected chi connectivity index (χ3v) is 6.65. The molecule has 6 nitrogen and oxygen atoms in total. The van der Waals surface area contributed by atoms with Crippen molar-refractivity contribution >= 4 is 21.6 Å². The van der Waals surface area contributed by atoms with Gasteiger partial charge in [-0.2, -0.15) is 9.41 Å². The van der Waals surface area contributed by atoms with Crippen LogP contribution in [0.1, 0.15) is 51.9 Å². The van der Waals surface area contributed by atoms with Gasteiger partial charge in [-0.05, 0) is 56.6 Å². The largest absolute Gasteiger partial charge is 0.261 e. The Hall–Kier alpha value is -1.47. The van der Waals surface area contributed by atoms with Gasteiger partial charge < -0.3 is 0 Å². The zero-order valence-corrected chi connectivity index (χ0v) is 15.1. The molecule has 0 spiro atoms. The van der Waals surface area contributed by atoms with Gasteiger partial charge in [-0.15, -0.1) is 0 Å². The summed E-state index contributed by atoms with van der Waals surface area (Å²) < 4.78 is 26.7. The zero-order chi connectivity index (χ0) is 17.0. The summed E-state index contributed by atoms with van der Waals surface area (Å²) in [6.45, 7) is 3.45. The van der Waals surface area contributed by atoms with Gasteiger partial charge in [-0.25, -0.2) is 13.4 Å². The van der Waals surface area contributed by atoms with Crippen molar-refractivity contribution in [1.82, 2.24) is 9.29 Å². The highest BCUT2D eigenvalue weighted by molar-refractivity contribution is 7.89. The molecule has 1 N–H and O–H groups in total. The lowest BCUT2D eigenvalue weighted by Gasteiger charge is -2.25. The van der Waals surface area contributed by atoms with Gasteiger partial charge in [0.15, 0.2) is 0 Å². The maximum absolute atomic E-state index is 12.6. The average Bonchev–Trinajstić information content (AvgIpc) is 2.61. The van der Waals surface area contributed by atoms with Crippen molar-refractivity contribution in [2.45, 2.75) is 56.8 Å². The van der Waals surface area contributed by atoms with Gasteiger partial charge in [-0.3, -0.25) is 5.43 Å². The fourth-order valence-electron chi connectivity index (χ4n) is 3.35. The molecule has 1 saturated carbocycles. The second kappa shape index (κ2) is 7.61. The summed E-state index contributed by atoms with van der Waals surface area (Å²) >= 11 is 0. The van der Waals surface area contributed by atoms with Crippen LogP contribution < -0.4 is 5.43 Å². The number of nitrogens with one attached hydrogen (secondary N) is 1. The van der Waals surface area contributed by atoms with E-state index in [9.17, 15) is 8.42 Å². The third-order valence-electron chi connectivity index (χ3n) is 4.76. The second-order valence-electron chi connectivity index (χ2n) is 6.84. The number of aromatic nitrogens is 1. The normalized spacial score (nSPS) is 24.9. The van der Waals surface area contributed by atoms with E-state index >= 15 is 0 Å². The fourth-order valence-corrected chi connectivity index (χ4v) is 4.82. The molecule has 2 aliphatic rings. The number of hydrogen-bond donors (Lipinski definition) is 1. The van der Waals surface area contributed by atoms with E-state index in [-0.39, 0.29) is 4.90 Å². The van der Waals surface area contributed by atoms with Gasteiger partial charge in [-0.1, -0.05) is 13.3 Å². The van der Waals surface area contributed by atoms with Crippen LogP contribution in [0.5, 0.6) is 0 Å². The van der Waals surface area contributed by atoms with E-state index in [1.54, 1.807) is 16.4 Å². The maximum Gasteiger partial charge on any atom is 0.244 e. The van der Waals surface area contributed by atoms with E-state index in [2.05, 4.69) is 22.4 Å². The van der Waals surface area contributed by atoms with Gasteiger partial charge in [0.05, 0.1) is 0 Å².